The fourth-order valence-electron chi connectivity index (χ4n) is 1.79. The molecule has 0 aliphatic heterocycles. The van der Waals surface area contributed by atoms with Gasteiger partial charge in [0, 0.05) is 6.54 Å². The maximum Gasteiger partial charge on any atom is 0.143 e. The molecule has 1 rings (SSSR count). The number of hydrogen-bond acceptors (Lipinski definition) is 4. The van der Waals surface area contributed by atoms with Gasteiger partial charge >= 0.3 is 0 Å². The van der Waals surface area contributed by atoms with E-state index < -0.39 is 5.60 Å². The van der Waals surface area contributed by atoms with Crippen molar-refractivity contribution >= 4 is 11.4 Å². The molecular formula is C13H22N2O2. The summed E-state index contributed by atoms with van der Waals surface area (Å²) in [5.74, 6) is 0.644. The first kappa shape index (κ1) is 13.6. The van der Waals surface area contributed by atoms with Crippen molar-refractivity contribution in [1.82, 2.24) is 0 Å². The van der Waals surface area contributed by atoms with E-state index in [1.807, 2.05) is 32.0 Å². The van der Waals surface area contributed by atoms with E-state index in [0.29, 0.717) is 18.0 Å². The first-order chi connectivity index (χ1) is 8.00. The van der Waals surface area contributed by atoms with Crippen LogP contribution in [0, 0.1) is 0 Å². The number of methoxy groups -OCH3 is 1. The van der Waals surface area contributed by atoms with Crippen LogP contribution in [0.5, 0.6) is 5.75 Å². The predicted molar refractivity (Wildman–Crippen MR) is 71.4 cm³/mol. The molecule has 4 N–H and O–H groups in total. The molecule has 4 heteroatoms. The Morgan fingerprint density at radius 3 is 2.76 bits per heavy atom. The lowest BCUT2D eigenvalue weighted by atomic mass is 10.0. The maximum absolute atomic E-state index is 10.1. The largest absolute Gasteiger partial charge is 0.495 e. The van der Waals surface area contributed by atoms with Crippen LogP contribution in [0.3, 0.4) is 0 Å². The minimum Gasteiger partial charge on any atom is -0.495 e. The number of anilines is 2. The quantitative estimate of drug-likeness (QED) is 0.665. The van der Waals surface area contributed by atoms with Gasteiger partial charge in [0.25, 0.3) is 0 Å². The number of nitrogens with one attached hydrogen (secondary N) is 1. The number of aliphatic hydroxyl groups is 1. The summed E-state index contributed by atoms with van der Waals surface area (Å²) < 4.78 is 5.14. The van der Waals surface area contributed by atoms with Crippen molar-refractivity contribution in [3.8, 4) is 5.75 Å². The van der Waals surface area contributed by atoms with Crippen LogP contribution in [-0.2, 0) is 0 Å². The van der Waals surface area contributed by atoms with Gasteiger partial charge in [-0.05, 0) is 25.5 Å². The second kappa shape index (κ2) is 5.77. The number of benzene rings is 1. The van der Waals surface area contributed by atoms with Crippen LogP contribution in [0.25, 0.3) is 0 Å². The van der Waals surface area contributed by atoms with Crippen molar-refractivity contribution in [3.63, 3.8) is 0 Å². The van der Waals surface area contributed by atoms with Gasteiger partial charge in [-0.15, -0.1) is 0 Å². The normalized spacial score (nSPS) is 14.1. The van der Waals surface area contributed by atoms with Crippen molar-refractivity contribution in [2.24, 2.45) is 0 Å². The van der Waals surface area contributed by atoms with Gasteiger partial charge in [0.2, 0.25) is 0 Å². The number of ether oxygens (including phenoxy) is 1. The number of hydrogen-bond donors (Lipinski definition) is 3. The predicted octanol–water partition coefficient (Wildman–Crippen LogP) is 2.24. The highest BCUT2D eigenvalue weighted by atomic mass is 16.5. The Bertz CT molecular complexity index is 364. The molecule has 0 spiro atoms. The molecule has 17 heavy (non-hydrogen) atoms. The van der Waals surface area contributed by atoms with E-state index in [4.69, 9.17) is 10.5 Å². The Morgan fingerprint density at radius 2 is 2.18 bits per heavy atom. The van der Waals surface area contributed by atoms with Gasteiger partial charge in [0.05, 0.1) is 24.1 Å². The van der Waals surface area contributed by atoms with Gasteiger partial charge in [-0.25, -0.2) is 0 Å². The second-order valence-electron chi connectivity index (χ2n) is 4.52. The Kier molecular flexibility index (Phi) is 4.63. The highest BCUT2D eigenvalue weighted by Crippen LogP contribution is 2.29. The first-order valence-corrected chi connectivity index (χ1v) is 5.89. The van der Waals surface area contributed by atoms with E-state index in [1.165, 1.54) is 0 Å². The highest BCUT2D eigenvalue weighted by molar-refractivity contribution is 5.72. The number of rotatable bonds is 6. The topological polar surface area (TPSA) is 67.5 Å². The zero-order valence-electron chi connectivity index (χ0n) is 10.8. The summed E-state index contributed by atoms with van der Waals surface area (Å²) in [5.41, 5.74) is 6.57. The van der Waals surface area contributed by atoms with Crippen LogP contribution >= 0.6 is 0 Å². The van der Waals surface area contributed by atoms with Crippen molar-refractivity contribution in [2.75, 3.05) is 24.7 Å². The molecule has 0 aliphatic carbocycles. The zero-order chi connectivity index (χ0) is 12.9. The van der Waals surface area contributed by atoms with Crippen LogP contribution in [-0.4, -0.2) is 24.4 Å². The summed E-state index contributed by atoms with van der Waals surface area (Å²) in [7, 11) is 1.59. The molecule has 1 aromatic carbocycles. The summed E-state index contributed by atoms with van der Waals surface area (Å²) in [6, 6.07) is 5.55. The summed E-state index contributed by atoms with van der Waals surface area (Å²) in [5, 5.41) is 13.2. The molecule has 0 bridgehead atoms. The second-order valence-corrected chi connectivity index (χ2v) is 4.52. The van der Waals surface area contributed by atoms with Crippen LogP contribution in [0.4, 0.5) is 11.4 Å². The Balaban J connectivity index is 2.69. The van der Waals surface area contributed by atoms with Crippen LogP contribution in [0.2, 0.25) is 0 Å². The third kappa shape index (κ3) is 3.82. The monoisotopic (exact) mass is 238 g/mol. The fraction of sp³-hybridized carbons (Fsp3) is 0.538. The van der Waals surface area contributed by atoms with Crippen LogP contribution in [0.1, 0.15) is 26.7 Å². The van der Waals surface area contributed by atoms with E-state index in [1.54, 1.807) is 7.11 Å². The van der Waals surface area contributed by atoms with E-state index in [0.717, 1.165) is 18.5 Å². The minimum absolute atomic E-state index is 0.470. The molecule has 0 fully saturated rings. The molecule has 1 unspecified atom stereocenters. The molecule has 0 aromatic heterocycles. The van der Waals surface area contributed by atoms with Crippen molar-refractivity contribution in [1.29, 1.82) is 0 Å². The third-order valence-electron chi connectivity index (χ3n) is 2.73. The molecule has 1 atom stereocenters. The molecule has 4 nitrogen and oxygen atoms in total. The van der Waals surface area contributed by atoms with Gasteiger partial charge in [0.15, 0.2) is 0 Å². The fourth-order valence-corrected chi connectivity index (χ4v) is 1.79. The number of nitrogen functional groups attached to an aromatic ring is 1. The lowest BCUT2D eigenvalue weighted by Crippen LogP contribution is -2.33. The van der Waals surface area contributed by atoms with Gasteiger partial charge in [-0.1, -0.05) is 19.4 Å². The average molecular weight is 238 g/mol. The summed E-state index contributed by atoms with van der Waals surface area (Å²) in [4.78, 5) is 0. The lowest BCUT2D eigenvalue weighted by Gasteiger charge is -2.24. The molecule has 96 valence electrons. The molecular weight excluding hydrogens is 216 g/mol. The van der Waals surface area contributed by atoms with E-state index in [2.05, 4.69) is 5.32 Å². The van der Waals surface area contributed by atoms with E-state index in [9.17, 15) is 5.11 Å². The highest BCUT2D eigenvalue weighted by Gasteiger charge is 2.19. The van der Waals surface area contributed by atoms with Crippen molar-refractivity contribution in [2.45, 2.75) is 32.3 Å². The SMILES string of the molecule is CCCC(C)(O)CNc1cccc(OC)c1N. The lowest BCUT2D eigenvalue weighted by molar-refractivity contribution is 0.0637. The summed E-state index contributed by atoms with van der Waals surface area (Å²) in [6.45, 7) is 4.34. The average Bonchev–Trinajstić information content (AvgIpc) is 2.28. The molecule has 1 aromatic rings. The molecule has 0 saturated carbocycles. The molecule has 0 radical (unpaired) electrons. The van der Waals surface area contributed by atoms with Crippen molar-refractivity contribution in [3.05, 3.63) is 18.2 Å². The van der Waals surface area contributed by atoms with Gasteiger partial charge < -0.3 is 20.9 Å². The smallest absolute Gasteiger partial charge is 0.143 e. The number of nitrogens with two attached hydrogens (primary N) is 1. The number of para-hydroxylation sites is 1. The standard InChI is InChI=1S/C13H22N2O2/c1-4-8-13(2,16)9-15-10-6-5-7-11(17-3)12(10)14/h5-7,15-16H,4,8-9,14H2,1-3H3. The van der Waals surface area contributed by atoms with Gasteiger partial charge in [0.1, 0.15) is 5.75 Å². The summed E-state index contributed by atoms with van der Waals surface area (Å²) in [6.07, 6.45) is 1.70. The van der Waals surface area contributed by atoms with E-state index in [-0.39, 0.29) is 0 Å². The molecule has 0 amide bonds. The van der Waals surface area contributed by atoms with E-state index >= 15 is 0 Å². The van der Waals surface area contributed by atoms with Gasteiger partial charge in [-0.3, -0.25) is 0 Å². The Morgan fingerprint density at radius 1 is 1.47 bits per heavy atom. The minimum atomic E-state index is -0.718. The Hall–Kier alpha value is -1.42. The van der Waals surface area contributed by atoms with Crippen molar-refractivity contribution < 1.29 is 9.84 Å². The zero-order valence-corrected chi connectivity index (χ0v) is 10.8. The maximum atomic E-state index is 10.1. The summed E-state index contributed by atoms with van der Waals surface area (Å²) >= 11 is 0. The van der Waals surface area contributed by atoms with Crippen LogP contribution in [0.15, 0.2) is 18.2 Å². The first-order valence-electron chi connectivity index (χ1n) is 5.89. The molecule has 0 saturated heterocycles. The Labute approximate surface area is 103 Å². The molecule has 0 heterocycles. The van der Waals surface area contributed by atoms with Crippen LogP contribution < -0.4 is 15.8 Å². The van der Waals surface area contributed by atoms with Gasteiger partial charge in [-0.2, -0.15) is 0 Å². The third-order valence-corrected chi connectivity index (χ3v) is 2.73. The molecule has 0 aliphatic rings.